The molecule has 70 heavy (non-hydrogen) atoms. The number of fused-ring (bicyclic) bond motifs is 1. The molecule has 0 amide bonds. The van der Waals surface area contributed by atoms with Gasteiger partial charge in [-0.25, -0.2) is 0 Å². The summed E-state index contributed by atoms with van der Waals surface area (Å²) in [5.41, 5.74) is -1.53. The Bertz CT molecular complexity index is 3750. The molecule has 30 heteroatoms. The van der Waals surface area contributed by atoms with Crippen LogP contribution in [0.5, 0.6) is 17.2 Å². The monoisotopic (exact) mass is 1130 g/mol. The molecule has 0 unspecified atom stereocenters. The van der Waals surface area contributed by atoms with Crippen LogP contribution in [0.15, 0.2) is 161 Å². The van der Waals surface area contributed by atoms with Gasteiger partial charge in [0.25, 0.3) is 41.7 Å². The fourth-order valence-corrected chi connectivity index (χ4v) is 8.69. The molecule has 0 atom stereocenters. The third-order valence-corrected chi connectivity index (χ3v) is 12.9. The molecule has 0 heterocycles. The Morgan fingerprint density at radius 2 is 0.986 bits per heavy atom. The van der Waals surface area contributed by atoms with Crippen LogP contribution < -0.4 is 10.6 Å². The number of non-ortho nitro benzene ring substituents is 2. The van der Waals surface area contributed by atoms with Crippen molar-refractivity contribution in [1.29, 1.82) is 0 Å². The van der Waals surface area contributed by atoms with E-state index in [1.165, 1.54) is 36.4 Å². The van der Waals surface area contributed by atoms with Gasteiger partial charge in [0.1, 0.15) is 38.4 Å². The molecule has 0 saturated carbocycles. The van der Waals surface area contributed by atoms with Gasteiger partial charge < -0.3 is 26.0 Å². The number of nitrogens with one attached hydrogen (secondary N) is 2. The van der Waals surface area contributed by atoms with Crippen molar-refractivity contribution in [3.63, 3.8) is 0 Å². The Morgan fingerprint density at radius 1 is 0.500 bits per heavy atom. The Balaban J connectivity index is 1.20. The van der Waals surface area contributed by atoms with Gasteiger partial charge in [0.15, 0.2) is 5.75 Å². The van der Waals surface area contributed by atoms with E-state index in [0.717, 1.165) is 36.4 Å². The Labute approximate surface area is 406 Å². The number of benzene rings is 7. The predicted molar refractivity (Wildman–Crippen MR) is 256 cm³/mol. The van der Waals surface area contributed by atoms with E-state index >= 15 is 0 Å². The Morgan fingerprint density at radius 3 is 1.50 bits per heavy atom. The molecule has 358 valence electrons. The van der Waals surface area contributed by atoms with Crippen LogP contribution in [0.4, 0.5) is 68.2 Å². The van der Waals surface area contributed by atoms with Crippen LogP contribution in [0.25, 0.3) is 10.8 Å². The van der Waals surface area contributed by atoms with Gasteiger partial charge in [-0.05, 0) is 107 Å². The summed E-state index contributed by atoms with van der Waals surface area (Å²) in [5.74, 6) is -2.32. The molecule has 0 fully saturated rings. The van der Waals surface area contributed by atoms with Crippen molar-refractivity contribution in [2.45, 2.75) is 14.7 Å². The lowest BCUT2D eigenvalue weighted by atomic mass is 10.1. The van der Waals surface area contributed by atoms with E-state index in [9.17, 15) is 74.5 Å². The highest BCUT2D eigenvalue weighted by atomic mass is 127. The fraction of sp³-hybridized carbons (Fsp3) is 0. The first-order valence-electron chi connectivity index (χ1n) is 18.9. The smallest absolute Gasteiger partial charge is 0.296 e. The standard InChI is InChI=1S/C40H27IN10O16S3/c41-28-15-25(50(55)56)9-11-29(28)42-21-1-5-23(6-2-21)44-46-31-18-32(35(53)19-34(31)52)47-48-33-17-27(68(59,60)61)13-20-14-37(70(65,66)67)39(40(54)38(20)33)49-45-24-7-3-22(4-8-24)43-30-12-10-26(51(57)58)16-36(30)69(62,63)64/h1-19,42-43,52-54H,(H,59,60,61)(H,62,63,64)(H,65,66,67)/b46-44?,48-47+,49-45?. The molecule has 0 radical (unpaired) electrons. The second-order valence-electron chi connectivity index (χ2n) is 14.2. The quantitative estimate of drug-likeness (QED) is 0.0155. The number of phenols is 3. The number of anilines is 4. The van der Waals surface area contributed by atoms with Crippen LogP contribution in [0.2, 0.25) is 0 Å². The molecule has 7 rings (SSSR count). The zero-order valence-electron chi connectivity index (χ0n) is 34.4. The Kier molecular flexibility index (Phi) is 13.8. The first-order valence-corrected chi connectivity index (χ1v) is 24.3. The molecule has 8 N–H and O–H groups in total. The molecule has 0 bridgehead atoms. The molecule has 7 aromatic carbocycles. The van der Waals surface area contributed by atoms with Gasteiger partial charge in [0.05, 0.1) is 48.6 Å². The number of hydrogen-bond acceptors (Lipinski definition) is 21. The number of nitrogens with zero attached hydrogens (tertiary/aromatic N) is 8. The summed E-state index contributed by atoms with van der Waals surface area (Å²) in [4.78, 5) is 18.1. The maximum atomic E-state index is 12.6. The number of nitro groups is 2. The van der Waals surface area contributed by atoms with Gasteiger partial charge in [-0.2, -0.15) is 35.5 Å². The molecule has 0 saturated heterocycles. The highest BCUT2D eigenvalue weighted by Gasteiger charge is 2.26. The maximum Gasteiger partial charge on any atom is 0.296 e. The molecule has 7 aromatic rings. The number of nitro benzene ring substituents is 2. The number of azo groups is 3. The van der Waals surface area contributed by atoms with Crippen LogP contribution in [0.3, 0.4) is 0 Å². The van der Waals surface area contributed by atoms with Crippen LogP contribution in [0.1, 0.15) is 0 Å². The second kappa shape index (κ2) is 19.5. The fourth-order valence-electron chi connectivity index (χ4n) is 6.20. The van der Waals surface area contributed by atoms with E-state index in [-0.39, 0.29) is 34.1 Å². The average Bonchev–Trinajstić information content (AvgIpc) is 3.28. The summed E-state index contributed by atoms with van der Waals surface area (Å²) in [5, 5.41) is 83.5. The average molecular weight is 1130 g/mol. The predicted octanol–water partition coefficient (Wildman–Crippen LogP) is 10.9. The maximum absolute atomic E-state index is 12.6. The topological polar surface area (TPSA) is 408 Å². The zero-order chi connectivity index (χ0) is 50.9. The largest absolute Gasteiger partial charge is 0.505 e. The minimum Gasteiger partial charge on any atom is -0.505 e. The lowest BCUT2D eigenvalue weighted by Crippen LogP contribution is -2.04. The molecule has 0 spiro atoms. The summed E-state index contributed by atoms with van der Waals surface area (Å²) in [6.45, 7) is 0. The van der Waals surface area contributed by atoms with Crippen molar-refractivity contribution < 1.29 is 64.1 Å². The van der Waals surface area contributed by atoms with Gasteiger partial charge in [-0.1, -0.05) is 0 Å². The second-order valence-corrected chi connectivity index (χ2v) is 19.5. The van der Waals surface area contributed by atoms with Crippen LogP contribution in [-0.2, 0) is 30.4 Å². The molecule has 0 aliphatic carbocycles. The van der Waals surface area contributed by atoms with E-state index in [1.54, 1.807) is 30.3 Å². The summed E-state index contributed by atoms with van der Waals surface area (Å²) in [6.07, 6.45) is 0. The molecular formula is C40H27IN10O16S3. The molecule has 26 nitrogen and oxygen atoms in total. The van der Waals surface area contributed by atoms with Gasteiger partial charge in [0.2, 0.25) is 0 Å². The molecule has 0 aromatic heterocycles. The Hall–Kier alpha value is -8.14. The molecular weight excluding hydrogens is 1100 g/mol. The summed E-state index contributed by atoms with van der Waals surface area (Å²) in [7, 11) is -15.3. The highest BCUT2D eigenvalue weighted by Crippen LogP contribution is 2.47. The van der Waals surface area contributed by atoms with Gasteiger partial charge >= 0.3 is 0 Å². The van der Waals surface area contributed by atoms with Crippen molar-refractivity contribution in [2.24, 2.45) is 30.7 Å². The number of rotatable bonds is 15. The normalized spacial score (nSPS) is 12.3. The first-order chi connectivity index (χ1) is 32.8. The summed E-state index contributed by atoms with van der Waals surface area (Å²) >= 11 is 1.95. The zero-order valence-corrected chi connectivity index (χ0v) is 39.0. The van der Waals surface area contributed by atoms with Crippen molar-refractivity contribution >= 4 is 132 Å². The van der Waals surface area contributed by atoms with E-state index in [4.69, 9.17) is 0 Å². The third kappa shape index (κ3) is 11.4. The van der Waals surface area contributed by atoms with Crippen LogP contribution in [-0.4, -0.2) is 64.1 Å². The van der Waals surface area contributed by atoms with E-state index in [1.807, 2.05) is 22.6 Å². The van der Waals surface area contributed by atoms with Crippen molar-refractivity contribution in [2.75, 3.05) is 10.6 Å². The summed E-state index contributed by atoms with van der Waals surface area (Å²) in [6, 6.07) is 22.4. The van der Waals surface area contributed by atoms with E-state index in [0.29, 0.717) is 27.1 Å². The first kappa shape index (κ1) is 49.8. The SMILES string of the molecule is O=[N+]([O-])c1ccc(Nc2ccc(N=Nc3cc(/N=N/c4cc(S(=O)(=O)O)cc5cc(S(=O)(=O)O)c(N=Nc6ccc(Nc7ccc([N+](=O)[O-])cc7S(=O)(=O)O)cc6)c(O)c45)c(O)cc3O)cc2)c(I)c1. The van der Waals surface area contributed by atoms with E-state index < -0.39 is 106 Å². The van der Waals surface area contributed by atoms with Crippen molar-refractivity contribution in [1.82, 2.24) is 0 Å². The van der Waals surface area contributed by atoms with Gasteiger partial charge in [0, 0.05) is 51.3 Å². The van der Waals surface area contributed by atoms with Gasteiger partial charge in [-0.15, -0.1) is 20.5 Å². The molecule has 0 aliphatic heterocycles. The van der Waals surface area contributed by atoms with Gasteiger partial charge in [-0.3, -0.25) is 33.9 Å². The number of aromatic hydroxyl groups is 3. The molecule has 0 aliphatic rings. The van der Waals surface area contributed by atoms with Crippen molar-refractivity contribution in [3.05, 3.63) is 139 Å². The summed E-state index contributed by atoms with van der Waals surface area (Å²) < 4.78 is 104. The van der Waals surface area contributed by atoms with Crippen LogP contribution >= 0.6 is 22.6 Å². The van der Waals surface area contributed by atoms with E-state index in [2.05, 4.69) is 41.3 Å². The number of hydrogen-bond donors (Lipinski definition) is 8. The number of halogens is 1. The number of phenolic OH excluding ortho intramolecular Hbond substituents is 3. The highest BCUT2D eigenvalue weighted by molar-refractivity contribution is 14.1. The lowest BCUT2D eigenvalue weighted by molar-refractivity contribution is -0.385. The third-order valence-electron chi connectivity index (χ3n) is 9.46. The lowest BCUT2D eigenvalue weighted by Gasteiger charge is -2.12. The van der Waals surface area contributed by atoms with Crippen molar-refractivity contribution in [3.8, 4) is 17.2 Å². The minimum absolute atomic E-state index is 0.0501. The minimum atomic E-state index is -5.29. The van der Waals surface area contributed by atoms with Crippen LogP contribution in [0, 0.1) is 23.8 Å².